The van der Waals surface area contributed by atoms with Gasteiger partial charge in [-0.3, -0.25) is 0 Å². The summed E-state index contributed by atoms with van der Waals surface area (Å²) in [7, 11) is -2.14. The molecular formula is C15H20N2O5S. The lowest BCUT2D eigenvalue weighted by Crippen LogP contribution is -2.24. The molecule has 1 aromatic carbocycles. The molecule has 0 bridgehead atoms. The highest BCUT2D eigenvalue weighted by molar-refractivity contribution is 7.89. The van der Waals surface area contributed by atoms with Crippen LogP contribution in [0.2, 0.25) is 0 Å². The number of methoxy groups -OCH3 is 1. The van der Waals surface area contributed by atoms with Crippen LogP contribution in [0.3, 0.4) is 0 Å². The second-order valence-electron chi connectivity index (χ2n) is 4.90. The summed E-state index contributed by atoms with van der Waals surface area (Å²) in [5.41, 5.74) is 1.09. The summed E-state index contributed by atoms with van der Waals surface area (Å²) in [5, 5.41) is 3.67. The first-order valence-corrected chi connectivity index (χ1v) is 8.59. The molecule has 0 radical (unpaired) electrons. The van der Waals surface area contributed by atoms with Crippen LogP contribution >= 0.6 is 0 Å². The van der Waals surface area contributed by atoms with E-state index in [-0.39, 0.29) is 17.2 Å². The Labute approximate surface area is 135 Å². The van der Waals surface area contributed by atoms with Crippen molar-refractivity contribution in [3.63, 3.8) is 0 Å². The zero-order chi connectivity index (χ0) is 17.0. The number of sulfonamides is 1. The summed E-state index contributed by atoms with van der Waals surface area (Å²) < 4.78 is 42.9. The molecule has 23 heavy (non-hydrogen) atoms. The van der Waals surface area contributed by atoms with Gasteiger partial charge >= 0.3 is 0 Å². The van der Waals surface area contributed by atoms with Crippen LogP contribution in [-0.4, -0.2) is 27.3 Å². The van der Waals surface area contributed by atoms with Gasteiger partial charge in [0, 0.05) is 6.54 Å². The molecule has 2 rings (SSSR count). The van der Waals surface area contributed by atoms with Crippen LogP contribution in [0.15, 0.2) is 27.6 Å². The van der Waals surface area contributed by atoms with Crippen LogP contribution in [-0.2, 0) is 16.6 Å². The normalized spacial score (nSPS) is 11.5. The van der Waals surface area contributed by atoms with E-state index in [0.717, 1.165) is 5.56 Å². The van der Waals surface area contributed by atoms with Crippen molar-refractivity contribution >= 4 is 10.0 Å². The molecule has 1 N–H and O–H groups in total. The first-order valence-electron chi connectivity index (χ1n) is 7.11. The van der Waals surface area contributed by atoms with Crippen molar-refractivity contribution in [1.82, 2.24) is 9.88 Å². The standard InChI is InChI=1S/C15H20N2O5S/c1-5-21-14-8-12(6-7-13(14)20-4)9-16-23(18,19)15-10(2)17-22-11(15)3/h6-8,16H,5,9H2,1-4H3. The Morgan fingerprint density at radius 2 is 2.00 bits per heavy atom. The molecular weight excluding hydrogens is 320 g/mol. The van der Waals surface area contributed by atoms with Gasteiger partial charge in [-0.15, -0.1) is 0 Å². The molecule has 7 nitrogen and oxygen atoms in total. The van der Waals surface area contributed by atoms with E-state index in [1.807, 2.05) is 6.92 Å². The van der Waals surface area contributed by atoms with Crippen molar-refractivity contribution in [3.8, 4) is 11.5 Å². The Morgan fingerprint density at radius 1 is 1.26 bits per heavy atom. The lowest BCUT2D eigenvalue weighted by atomic mass is 10.2. The highest BCUT2D eigenvalue weighted by Crippen LogP contribution is 2.28. The number of benzene rings is 1. The van der Waals surface area contributed by atoms with Gasteiger partial charge in [-0.1, -0.05) is 11.2 Å². The number of nitrogens with zero attached hydrogens (tertiary/aromatic N) is 1. The SMILES string of the molecule is CCOc1cc(CNS(=O)(=O)c2c(C)noc2C)ccc1OC. The summed E-state index contributed by atoms with van der Waals surface area (Å²) in [5.74, 6) is 1.44. The van der Waals surface area contributed by atoms with E-state index in [4.69, 9.17) is 14.0 Å². The van der Waals surface area contributed by atoms with Gasteiger partial charge in [0.2, 0.25) is 10.0 Å². The molecule has 2 aromatic rings. The fraction of sp³-hybridized carbons (Fsp3) is 0.400. The molecule has 1 aromatic heterocycles. The predicted molar refractivity (Wildman–Crippen MR) is 84.2 cm³/mol. The summed E-state index contributed by atoms with van der Waals surface area (Å²) in [6, 6.07) is 5.26. The monoisotopic (exact) mass is 340 g/mol. The minimum atomic E-state index is -3.70. The number of ether oxygens (including phenoxy) is 2. The molecule has 0 saturated heterocycles. The Balaban J connectivity index is 2.19. The van der Waals surface area contributed by atoms with E-state index in [1.165, 1.54) is 0 Å². The molecule has 0 saturated carbocycles. The molecule has 0 aliphatic rings. The molecule has 0 aliphatic carbocycles. The third kappa shape index (κ3) is 3.83. The molecule has 0 spiro atoms. The molecule has 1 heterocycles. The number of hydrogen-bond acceptors (Lipinski definition) is 6. The molecule has 8 heteroatoms. The maximum atomic E-state index is 12.4. The Hall–Kier alpha value is -2.06. The van der Waals surface area contributed by atoms with E-state index in [9.17, 15) is 8.42 Å². The highest BCUT2D eigenvalue weighted by Gasteiger charge is 2.23. The molecule has 0 fully saturated rings. The molecule has 0 aliphatic heterocycles. The summed E-state index contributed by atoms with van der Waals surface area (Å²) in [6.45, 7) is 5.63. The average molecular weight is 340 g/mol. The van der Waals surface area contributed by atoms with E-state index in [1.54, 1.807) is 39.2 Å². The summed E-state index contributed by atoms with van der Waals surface area (Å²) >= 11 is 0. The third-order valence-electron chi connectivity index (χ3n) is 3.23. The van der Waals surface area contributed by atoms with Gasteiger partial charge in [0.15, 0.2) is 17.3 Å². The van der Waals surface area contributed by atoms with E-state index in [0.29, 0.717) is 23.8 Å². The van der Waals surface area contributed by atoms with Gasteiger partial charge in [-0.05, 0) is 38.5 Å². The lowest BCUT2D eigenvalue weighted by Gasteiger charge is -2.12. The van der Waals surface area contributed by atoms with Crippen molar-refractivity contribution in [2.45, 2.75) is 32.2 Å². The second kappa shape index (κ2) is 7.01. The minimum Gasteiger partial charge on any atom is -0.493 e. The van der Waals surface area contributed by atoms with Gasteiger partial charge in [0.05, 0.1) is 13.7 Å². The van der Waals surface area contributed by atoms with Crippen molar-refractivity contribution < 1.29 is 22.4 Å². The number of aromatic nitrogens is 1. The second-order valence-corrected chi connectivity index (χ2v) is 6.60. The largest absolute Gasteiger partial charge is 0.493 e. The maximum absolute atomic E-state index is 12.4. The van der Waals surface area contributed by atoms with Crippen LogP contribution in [0.1, 0.15) is 23.9 Å². The lowest BCUT2D eigenvalue weighted by molar-refractivity contribution is 0.310. The smallest absolute Gasteiger partial charge is 0.246 e. The quantitative estimate of drug-likeness (QED) is 0.831. The molecule has 0 amide bonds. The van der Waals surface area contributed by atoms with Gasteiger partial charge < -0.3 is 14.0 Å². The first-order chi connectivity index (χ1) is 10.9. The maximum Gasteiger partial charge on any atom is 0.246 e. The van der Waals surface area contributed by atoms with Crippen LogP contribution in [0.4, 0.5) is 0 Å². The Bertz CT molecular complexity index is 764. The van der Waals surface area contributed by atoms with Gasteiger partial charge in [0.1, 0.15) is 10.6 Å². The van der Waals surface area contributed by atoms with Gasteiger partial charge in [0.25, 0.3) is 0 Å². The van der Waals surface area contributed by atoms with E-state index in [2.05, 4.69) is 9.88 Å². The highest BCUT2D eigenvalue weighted by atomic mass is 32.2. The summed E-state index contributed by atoms with van der Waals surface area (Å²) in [6.07, 6.45) is 0. The van der Waals surface area contributed by atoms with E-state index < -0.39 is 10.0 Å². The number of rotatable bonds is 7. The number of nitrogens with one attached hydrogen (secondary N) is 1. The van der Waals surface area contributed by atoms with Crippen molar-refractivity contribution in [3.05, 3.63) is 35.2 Å². The van der Waals surface area contributed by atoms with Crippen molar-refractivity contribution in [2.75, 3.05) is 13.7 Å². The van der Waals surface area contributed by atoms with Crippen LogP contribution in [0.25, 0.3) is 0 Å². The topological polar surface area (TPSA) is 90.7 Å². The average Bonchev–Trinajstić information content (AvgIpc) is 2.85. The van der Waals surface area contributed by atoms with Crippen molar-refractivity contribution in [1.29, 1.82) is 0 Å². The number of hydrogen-bond donors (Lipinski definition) is 1. The fourth-order valence-electron chi connectivity index (χ4n) is 2.21. The Morgan fingerprint density at radius 3 is 2.57 bits per heavy atom. The predicted octanol–water partition coefficient (Wildman–Crippen LogP) is 2.18. The third-order valence-corrected chi connectivity index (χ3v) is 4.88. The van der Waals surface area contributed by atoms with Crippen LogP contribution in [0, 0.1) is 13.8 Å². The molecule has 0 atom stereocenters. The molecule has 126 valence electrons. The molecule has 0 unspecified atom stereocenters. The van der Waals surface area contributed by atoms with Gasteiger partial charge in [-0.25, -0.2) is 13.1 Å². The van der Waals surface area contributed by atoms with Crippen molar-refractivity contribution in [2.24, 2.45) is 0 Å². The number of aryl methyl sites for hydroxylation is 2. The van der Waals surface area contributed by atoms with Gasteiger partial charge in [-0.2, -0.15) is 0 Å². The first kappa shape index (κ1) is 17.3. The fourth-order valence-corrected chi connectivity index (χ4v) is 3.55. The zero-order valence-electron chi connectivity index (χ0n) is 13.5. The van der Waals surface area contributed by atoms with E-state index >= 15 is 0 Å². The van der Waals surface area contributed by atoms with Crippen LogP contribution in [0.5, 0.6) is 11.5 Å². The van der Waals surface area contributed by atoms with Crippen LogP contribution < -0.4 is 14.2 Å². The zero-order valence-corrected chi connectivity index (χ0v) is 14.4. The Kier molecular flexibility index (Phi) is 5.27. The minimum absolute atomic E-state index is 0.0797. The summed E-state index contributed by atoms with van der Waals surface area (Å²) in [4.78, 5) is 0.0797.